The number of hydrogen-bond donors (Lipinski definition) is 1. The number of halogens is 1. The lowest BCUT2D eigenvalue weighted by atomic mass is 10.1. The van der Waals surface area contributed by atoms with E-state index < -0.39 is 0 Å². The SMILES string of the molecule is C[C@H](N)c1cc(Cl)ccc1OCCCCc1ccccc1. The van der Waals surface area contributed by atoms with E-state index in [-0.39, 0.29) is 6.04 Å². The number of hydrogen-bond acceptors (Lipinski definition) is 2. The number of unbranched alkanes of at least 4 members (excludes halogenated alkanes) is 1. The molecule has 0 saturated carbocycles. The maximum Gasteiger partial charge on any atom is 0.124 e. The van der Waals surface area contributed by atoms with E-state index in [4.69, 9.17) is 22.1 Å². The van der Waals surface area contributed by atoms with Crippen molar-refractivity contribution < 1.29 is 4.74 Å². The first-order valence-electron chi connectivity index (χ1n) is 7.38. The normalized spacial score (nSPS) is 12.1. The minimum absolute atomic E-state index is 0.0805. The molecule has 2 aromatic carbocycles. The predicted octanol–water partition coefficient (Wildman–Crippen LogP) is 4.76. The van der Waals surface area contributed by atoms with Crippen LogP contribution in [0.3, 0.4) is 0 Å². The largest absolute Gasteiger partial charge is 0.493 e. The van der Waals surface area contributed by atoms with Gasteiger partial charge in [-0.2, -0.15) is 0 Å². The molecule has 0 heterocycles. The van der Waals surface area contributed by atoms with Gasteiger partial charge < -0.3 is 10.5 Å². The Kier molecular flexibility index (Phi) is 6.09. The summed E-state index contributed by atoms with van der Waals surface area (Å²) < 4.78 is 5.85. The zero-order valence-electron chi connectivity index (χ0n) is 12.4. The van der Waals surface area contributed by atoms with Gasteiger partial charge in [-0.15, -0.1) is 0 Å². The van der Waals surface area contributed by atoms with Crippen molar-refractivity contribution in [2.24, 2.45) is 5.73 Å². The van der Waals surface area contributed by atoms with Crippen molar-refractivity contribution in [2.45, 2.75) is 32.2 Å². The third-order valence-electron chi connectivity index (χ3n) is 3.42. The summed E-state index contributed by atoms with van der Waals surface area (Å²) in [6, 6.07) is 16.1. The molecule has 0 bridgehead atoms. The topological polar surface area (TPSA) is 35.2 Å². The monoisotopic (exact) mass is 303 g/mol. The van der Waals surface area contributed by atoms with Crippen LogP contribution < -0.4 is 10.5 Å². The Morgan fingerprint density at radius 3 is 2.57 bits per heavy atom. The molecule has 0 fully saturated rings. The van der Waals surface area contributed by atoms with Crippen molar-refractivity contribution in [3.63, 3.8) is 0 Å². The molecule has 0 aliphatic rings. The van der Waals surface area contributed by atoms with E-state index in [2.05, 4.69) is 24.3 Å². The lowest BCUT2D eigenvalue weighted by molar-refractivity contribution is 0.302. The molecule has 2 rings (SSSR count). The smallest absolute Gasteiger partial charge is 0.124 e. The molecule has 112 valence electrons. The molecular formula is C18H22ClNO. The Hall–Kier alpha value is -1.51. The van der Waals surface area contributed by atoms with E-state index in [1.165, 1.54) is 5.56 Å². The zero-order valence-corrected chi connectivity index (χ0v) is 13.1. The van der Waals surface area contributed by atoms with Gasteiger partial charge in [-0.1, -0.05) is 41.9 Å². The predicted molar refractivity (Wildman–Crippen MR) is 88.9 cm³/mol. The highest BCUT2D eigenvalue weighted by molar-refractivity contribution is 6.30. The summed E-state index contributed by atoms with van der Waals surface area (Å²) in [5.74, 6) is 0.842. The summed E-state index contributed by atoms with van der Waals surface area (Å²) in [6.45, 7) is 2.64. The Morgan fingerprint density at radius 2 is 1.86 bits per heavy atom. The fourth-order valence-electron chi connectivity index (χ4n) is 2.26. The van der Waals surface area contributed by atoms with Gasteiger partial charge in [0.1, 0.15) is 5.75 Å². The molecule has 0 aliphatic heterocycles. The fourth-order valence-corrected chi connectivity index (χ4v) is 2.45. The molecule has 1 atom stereocenters. The second kappa shape index (κ2) is 8.06. The van der Waals surface area contributed by atoms with Gasteiger partial charge in [-0.25, -0.2) is 0 Å². The van der Waals surface area contributed by atoms with Gasteiger partial charge in [0.05, 0.1) is 6.61 Å². The fraction of sp³-hybridized carbons (Fsp3) is 0.333. The van der Waals surface area contributed by atoms with Gasteiger partial charge in [-0.05, 0) is 49.9 Å². The standard InChI is InChI=1S/C18H22ClNO/c1-14(20)17-13-16(19)10-11-18(17)21-12-6-5-9-15-7-3-2-4-8-15/h2-4,7-8,10-11,13-14H,5-6,9,12,20H2,1H3/t14-/m0/s1. The van der Waals surface area contributed by atoms with Gasteiger partial charge >= 0.3 is 0 Å². The molecule has 0 aromatic heterocycles. The molecule has 3 heteroatoms. The van der Waals surface area contributed by atoms with Crippen molar-refractivity contribution in [3.8, 4) is 5.75 Å². The van der Waals surface area contributed by atoms with Crippen molar-refractivity contribution in [3.05, 3.63) is 64.7 Å². The van der Waals surface area contributed by atoms with Crippen LogP contribution in [0, 0.1) is 0 Å². The first kappa shape index (κ1) is 15.9. The van der Waals surface area contributed by atoms with Crippen LogP contribution in [-0.2, 0) is 6.42 Å². The Balaban J connectivity index is 1.78. The van der Waals surface area contributed by atoms with Gasteiger partial charge in [0.25, 0.3) is 0 Å². The van der Waals surface area contributed by atoms with E-state index in [1.807, 2.05) is 31.2 Å². The summed E-state index contributed by atoms with van der Waals surface area (Å²) in [7, 11) is 0. The quantitative estimate of drug-likeness (QED) is 0.748. The van der Waals surface area contributed by atoms with Crippen LogP contribution in [-0.4, -0.2) is 6.61 Å². The van der Waals surface area contributed by atoms with Crippen LogP contribution in [0.1, 0.15) is 36.9 Å². The number of benzene rings is 2. The molecular weight excluding hydrogens is 282 g/mol. The molecule has 0 radical (unpaired) electrons. The van der Waals surface area contributed by atoms with Gasteiger partial charge in [0.15, 0.2) is 0 Å². The minimum Gasteiger partial charge on any atom is -0.493 e. The van der Waals surface area contributed by atoms with E-state index >= 15 is 0 Å². The first-order chi connectivity index (χ1) is 10.2. The summed E-state index contributed by atoms with van der Waals surface area (Å²) in [6.07, 6.45) is 3.23. The maximum atomic E-state index is 6.00. The Bertz CT molecular complexity index is 554. The first-order valence-corrected chi connectivity index (χ1v) is 7.76. The summed E-state index contributed by atoms with van der Waals surface area (Å²) in [4.78, 5) is 0. The molecule has 0 aliphatic carbocycles. The summed E-state index contributed by atoms with van der Waals surface area (Å²) in [5, 5.41) is 0.693. The minimum atomic E-state index is -0.0805. The molecule has 0 amide bonds. The van der Waals surface area contributed by atoms with E-state index in [1.54, 1.807) is 0 Å². The summed E-state index contributed by atoms with van der Waals surface area (Å²) >= 11 is 6.00. The van der Waals surface area contributed by atoms with Crippen LogP contribution in [0.5, 0.6) is 5.75 Å². The molecule has 21 heavy (non-hydrogen) atoms. The average Bonchev–Trinajstić information content (AvgIpc) is 2.49. The van der Waals surface area contributed by atoms with Crippen LogP contribution in [0.4, 0.5) is 0 Å². The van der Waals surface area contributed by atoms with Crippen LogP contribution in [0.2, 0.25) is 5.02 Å². The van der Waals surface area contributed by atoms with Gasteiger partial charge in [0, 0.05) is 16.6 Å². The molecule has 2 aromatic rings. The van der Waals surface area contributed by atoms with E-state index in [0.717, 1.165) is 30.6 Å². The highest BCUT2D eigenvalue weighted by atomic mass is 35.5. The third kappa shape index (κ3) is 5.07. The molecule has 0 saturated heterocycles. The molecule has 2 N–H and O–H groups in total. The summed E-state index contributed by atoms with van der Waals surface area (Å²) in [5.41, 5.74) is 8.29. The Labute approximate surface area is 131 Å². The van der Waals surface area contributed by atoms with Crippen LogP contribution in [0.25, 0.3) is 0 Å². The van der Waals surface area contributed by atoms with Crippen molar-refractivity contribution >= 4 is 11.6 Å². The Morgan fingerprint density at radius 1 is 1.10 bits per heavy atom. The molecule has 0 unspecified atom stereocenters. The lowest BCUT2D eigenvalue weighted by Gasteiger charge is -2.14. The van der Waals surface area contributed by atoms with Crippen molar-refractivity contribution in [1.29, 1.82) is 0 Å². The van der Waals surface area contributed by atoms with Crippen molar-refractivity contribution in [1.82, 2.24) is 0 Å². The second-order valence-electron chi connectivity index (χ2n) is 5.26. The highest BCUT2D eigenvalue weighted by Crippen LogP contribution is 2.27. The lowest BCUT2D eigenvalue weighted by Crippen LogP contribution is -2.08. The number of ether oxygens (including phenoxy) is 1. The van der Waals surface area contributed by atoms with Crippen LogP contribution >= 0.6 is 11.6 Å². The number of rotatable bonds is 7. The highest BCUT2D eigenvalue weighted by Gasteiger charge is 2.08. The van der Waals surface area contributed by atoms with Crippen molar-refractivity contribution in [2.75, 3.05) is 6.61 Å². The van der Waals surface area contributed by atoms with Crippen LogP contribution in [0.15, 0.2) is 48.5 Å². The zero-order chi connectivity index (χ0) is 15.1. The third-order valence-corrected chi connectivity index (χ3v) is 3.66. The number of nitrogens with two attached hydrogens (primary N) is 1. The van der Waals surface area contributed by atoms with E-state index in [9.17, 15) is 0 Å². The molecule has 0 spiro atoms. The van der Waals surface area contributed by atoms with Gasteiger partial charge in [0.2, 0.25) is 0 Å². The van der Waals surface area contributed by atoms with E-state index in [0.29, 0.717) is 11.6 Å². The second-order valence-corrected chi connectivity index (χ2v) is 5.70. The van der Waals surface area contributed by atoms with Gasteiger partial charge in [-0.3, -0.25) is 0 Å². The average molecular weight is 304 g/mol. The number of aryl methyl sites for hydroxylation is 1. The molecule has 2 nitrogen and oxygen atoms in total. The maximum absolute atomic E-state index is 6.00.